The van der Waals surface area contributed by atoms with Crippen molar-refractivity contribution in [2.75, 3.05) is 0 Å². The molecule has 0 amide bonds. The van der Waals surface area contributed by atoms with E-state index in [4.69, 9.17) is 0 Å². The Balaban J connectivity index is 0.000000292. The van der Waals surface area contributed by atoms with Gasteiger partial charge in [0.25, 0.3) is 0 Å². The fourth-order valence-electron chi connectivity index (χ4n) is 5.50. The third-order valence-electron chi connectivity index (χ3n) is 7.34. The second kappa shape index (κ2) is 17.3. The molecule has 0 saturated heterocycles. The lowest BCUT2D eigenvalue weighted by Gasteiger charge is -2.29. The first-order valence-electron chi connectivity index (χ1n) is 13.3. The molecule has 0 heterocycles. The lowest BCUT2D eigenvalue weighted by atomic mass is 9.77. The fourth-order valence-corrected chi connectivity index (χ4v) is 5.50. The average Bonchev–Trinajstić information content (AvgIpc) is 2.70. The summed E-state index contributed by atoms with van der Waals surface area (Å²) in [5.74, 6) is 2.18. The van der Waals surface area contributed by atoms with Crippen molar-refractivity contribution in [3.8, 4) is 0 Å². The van der Waals surface area contributed by atoms with Crippen molar-refractivity contribution >= 4 is 0 Å². The van der Waals surface area contributed by atoms with Gasteiger partial charge in [-0.15, -0.1) is 0 Å². The zero-order valence-corrected chi connectivity index (χ0v) is 19.0. The highest BCUT2D eigenvalue weighted by molar-refractivity contribution is 5.03. The van der Waals surface area contributed by atoms with Gasteiger partial charge in [0.05, 0.1) is 0 Å². The summed E-state index contributed by atoms with van der Waals surface area (Å²) in [6, 6.07) is 0. The Morgan fingerprint density at radius 2 is 0.607 bits per heavy atom. The zero-order chi connectivity index (χ0) is 19.5. The van der Waals surface area contributed by atoms with Gasteiger partial charge in [0, 0.05) is 0 Å². The average molecular weight is 387 g/mol. The van der Waals surface area contributed by atoms with Gasteiger partial charge in [0.15, 0.2) is 0 Å². The van der Waals surface area contributed by atoms with E-state index >= 15 is 0 Å². The molecule has 3 aliphatic carbocycles. The van der Waals surface area contributed by atoms with Crippen LogP contribution in [0.5, 0.6) is 0 Å². The molecule has 3 rings (SSSR count). The lowest BCUT2D eigenvalue weighted by molar-refractivity contribution is 0.230. The maximum absolute atomic E-state index is 2.23. The van der Waals surface area contributed by atoms with Crippen LogP contribution in [0.2, 0.25) is 0 Å². The van der Waals surface area contributed by atoms with E-state index in [-0.39, 0.29) is 0 Å². The van der Waals surface area contributed by atoms with Gasteiger partial charge in [0.2, 0.25) is 0 Å². The highest BCUT2D eigenvalue weighted by Crippen LogP contribution is 2.34. The monoisotopic (exact) mass is 386 g/mol. The molecule has 0 atom stereocenters. The highest BCUT2D eigenvalue weighted by Gasteiger charge is 2.21. The zero-order valence-electron chi connectivity index (χ0n) is 19.0. The fraction of sp³-hybridized carbons (Fsp3) is 0.857. The van der Waals surface area contributed by atoms with E-state index in [1.807, 2.05) is 0 Å². The molecular weight excluding hydrogens is 336 g/mol. The van der Waals surface area contributed by atoms with Crippen molar-refractivity contribution < 1.29 is 0 Å². The van der Waals surface area contributed by atoms with Gasteiger partial charge < -0.3 is 0 Å². The van der Waals surface area contributed by atoms with E-state index in [9.17, 15) is 0 Å². The molecule has 0 aromatic heterocycles. The third-order valence-corrected chi connectivity index (χ3v) is 7.34. The van der Waals surface area contributed by atoms with Gasteiger partial charge in [-0.1, -0.05) is 140 Å². The minimum atomic E-state index is 1.09. The summed E-state index contributed by atoms with van der Waals surface area (Å²) in [6.07, 6.45) is 41.5. The molecule has 0 heteroatoms. The molecule has 0 unspecified atom stereocenters. The van der Waals surface area contributed by atoms with Gasteiger partial charge in [-0.2, -0.15) is 0 Å². The van der Waals surface area contributed by atoms with E-state index < -0.39 is 0 Å². The quantitative estimate of drug-likeness (QED) is 0.420. The molecule has 28 heavy (non-hydrogen) atoms. The SMILES string of the molecule is C1=CCCCCC=C1.C1CCCCC(C2CCCCCCCCC2)CCCC1. The largest absolute Gasteiger partial charge is 0.0845 e. The summed E-state index contributed by atoms with van der Waals surface area (Å²) in [7, 11) is 0. The van der Waals surface area contributed by atoms with Crippen LogP contribution in [0.15, 0.2) is 24.3 Å². The molecule has 0 aromatic carbocycles. The van der Waals surface area contributed by atoms with Crippen LogP contribution in [0.4, 0.5) is 0 Å². The van der Waals surface area contributed by atoms with Gasteiger partial charge in [0.1, 0.15) is 0 Å². The Labute approximate surface area is 177 Å². The van der Waals surface area contributed by atoms with Gasteiger partial charge in [-0.3, -0.25) is 0 Å². The van der Waals surface area contributed by atoms with Crippen LogP contribution >= 0.6 is 0 Å². The Morgan fingerprint density at radius 3 is 0.929 bits per heavy atom. The van der Waals surface area contributed by atoms with Crippen molar-refractivity contribution in [3.63, 3.8) is 0 Å². The predicted molar refractivity (Wildman–Crippen MR) is 127 cm³/mol. The van der Waals surface area contributed by atoms with Crippen molar-refractivity contribution in [2.45, 2.75) is 141 Å². The number of hydrogen-bond acceptors (Lipinski definition) is 0. The molecule has 2 fully saturated rings. The van der Waals surface area contributed by atoms with Crippen molar-refractivity contribution in [2.24, 2.45) is 11.8 Å². The molecule has 162 valence electrons. The van der Waals surface area contributed by atoms with Crippen LogP contribution in [0.3, 0.4) is 0 Å². The lowest BCUT2D eigenvalue weighted by Crippen LogP contribution is -2.16. The first kappa shape index (κ1) is 23.8. The van der Waals surface area contributed by atoms with Crippen LogP contribution in [0.25, 0.3) is 0 Å². The first-order valence-corrected chi connectivity index (χ1v) is 13.3. The van der Waals surface area contributed by atoms with E-state index in [1.165, 1.54) is 116 Å². The second-order valence-electron chi connectivity index (χ2n) is 9.77. The highest BCUT2D eigenvalue weighted by atomic mass is 14.3. The number of rotatable bonds is 1. The third kappa shape index (κ3) is 12.1. The minimum absolute atomic E-state index is 1.09. The van der Waals surface area contributed by atoms with Crippen molar-refractivity contribution in [1.82, 2.24) is 0 Å². The molecule has 0 aliphatic heterocycles. The maximum atomic E-state index is 2.23. The standard InChI is InChI=1S/C20H38.C8H12/c1-3-7-11-15-19(16-12-8-4-1)20-17-13-9-5-2-6-10-14-18-20;1-2-4-6-8-7-5-3-1/h19-20H,1-18H2;1-4H,5-8H2. The van der Waals surface area contributed by atoms with Gasteiger partial charge in [-0.05, 0) is 37.5 Å². The molecule has 3 aliphatic rings. The molecule has 0 spiro atoms. The van der Waals surface area contributed by atoms with Crippen LogP contribution in [0, 0.1) is 11.8 Å². The molecule has 2 saturated carbocycles. The maximum Gasteiger partial charge on any atom is -0.0347 e. The molecule has 0 bridgehead atoms. The predicted octanol–water partition coefficient (Wildman–Crippen LogP) is 9.94. The van der Waals surface area contributed by atoms with E-state index in [1.54, 1.807) is 25.7 Å². The Morgan fingerprint density at radius 1 is 0.321 bits per heavy atom. The van der Waals surface area contributed by atoms with Gasteiger partial charge in [-0.25, -0.2) is 0 Å². The summed E-state index contributed by atoms with van der Waals surface area (Å²) >= 11 is 0. The molecule has 0 radical (unpaired) electrons. The number of hydrogen-bond donors (Lipinski definition) is 0. The number of allylic oxidation sites excluding steroid dienone is 4. The minimum Gasteiger partial charge on any atom is -0.0845 e. The molecule has 0 aromatic rings. The molecule has 0 nitrogen and oxygen atoms in total. The summed E-state index contributed by atoms with van der Waals surface area (Å²) in [6.45, 7) is 0. The summed E-state index contributed by atoms with van der Waals surface area (Å²) in [4.78, 5) is 0. The second-order valence-corrected chi connectivity index (χ2v) is 9.77. The van der Waals surface area contributed by atoms with Gasteiger partial charge >= 0.3 is 0 Å². The van der Waals surface area contributed by atoms with Crippen LogP contribution in [-0.2, 0) is 0 Å². The van der Waals surface area contributed by atoms with E-state index in [2.05, 4.69) is 24.3 Å². The molecule has 0 N–H and O–H groups in total. The Hall–Kier alpha value is -0.520. The Bertz CT molecular complexity index is 333. The summed E-state index contributed by atoms with van der Waals surface area (Å²) < 4.78 is 0. The van der Waals surface area contributed by atoms with Crippen LogP contribution in [-0.4, -0.2) is 0 Å². The summed E-state index contributed by atoms with van der Waals surface area (Å²) in [5, 5.41) is 0. The molecular formula is C28H50. The van der Waals surface area contributed by atoms with Crippen LogP contribution in [0.1, 0.15) is 141 Å². The topological polar surface area (TPSA) is 0 Å². The Kier molecular flexibility index (Phi) is 14.7. The van der Waals surface area contributed by atoms with Crippen molar-refractivity contribution in [1.29, 1.82) is 0 Å². The van der Waals surface area contributed by atoms with Crippen molar-refractivity contribution in [3.05, 3.63) is 24.3 Å². The van der Waals surface area contributed by atoms with E-state index in [0.29, 0.717) is 0 Å². The first-order chi connectivity index (χ1) is 14.0. The van der Waals surface area contributed by atoms with Crippen LogP contribution < -0.4 is 0 Å². The summed E-state index contributed by atoms with van der Waals surface area (Å²) in [5.41, 5.74) is 0. The van der Waals surface area contributed by atoms with E-state index in [0.717, 1.165) is 11.8 Å². The smallest absolute Gasteiger partial charge is 0.0347 e. The normalized spacial score (nSPS) is 25.0.